The summed E-state index contributed by atoms with van der Waals surface area (Å²) >= 11 is 0. The van der Waals surface area contributed by atoms with E-state index >= 15 is 0 Å². The van der Waals surface area contributed by atoms with Gasteiger partial charge in [-0.3, -0.25) is 0 Å². The second kappa shape index (κ2) is 9.78. The highest BCUT2D eigenvalue weighted by molar-refractivity contribution is 4.75. The van der Waals surface area contributed by atoms with E-state index in [1.165, 1.54) is 38.5 Å². The van der Waals surface area contributed by atoms with Gasteiger partial charge in [-0.05, 0) is 44.1 Å². The Bertz CT molecular complexity index is 269. The van der Waals surface area contributed by atoms with Gasteiger partial charge in [0.2, 0.25) is 0 Å². The molecule has 0 aromatic rings. The van der Waals surface area contributed by atoms with Crippen molar-refractivity contribution in [1.29, 1.82) is 0 Å². The fourth-order valence-corrected chi connectivity index (χ4v) is 3.54. The smallest absolute Gasteiger partial charge is 0.0897 e. The monoisotopic (exact) mass is 299 g/mol. The number of nitrogens with one attached hydrogen (secondary N) is 1. The molecule has 4 atom stereocenters. The molecule has 21 heavy (non-hydrogen) atoms. The first kappa shape index (κ1) is 17.2. The zero-order valence-corrected chi connectivity index (χ0v) is 13.6. The minimum absolute atomic E-state index is 0.369. The minimum atomic E-state index is -0.385. The maximum absolute atomic E-state index is 10.0. The topological polar surface area (TPSA) is 50.7 Å². The third kappa shape index (κ3) is 6.23. The number of ether oxygens (including phenoxy) is 2. The van der Waals surface area contributed by atoms with Gasteiger partial charge < -0.3 is 19.9 Å². The van der Waals surface area contributed by atoms with Crippen LogP contribution in [0.5, 0.6) is 0 Å². The van der Waals surface area contributed by atoms with Crippen LogP contribution in [-0.2, 0) is 9.47 Å². The Balaban J connectivity index is 1.51. The highest BCUT2D eigenvalue weighted by Gasteiger charge is 2.24. The molecule has 4 heteroatoms. The third-order valence-corrected chi connectivity index (χ3v) is 5.00. The Morgan fingerprint density at radius 3 is 2.90 bits per heavy atom. The molecule has 2 fully saturated rings. The number of hydrogen-bond acceptors (Lipinski definition) is 4. The lowest BCUT2D eigenvalue weighted by atomic mass is 9.85. The summed E-state index contributed by atoms with van der Waals surface area (Å²) in [5.74, 6) is 1.40. The van der Waals surface area contributed by atoms with E-state index in [-0.39, 0.29) is 6.10 Å². The van der Waals surface area contributed by atoms with Crippen molar-refractivity contribution in [2.45, 2.75) is 64.1 Å². The molecule has 1 saturated carbocycles. The van der Waals surface area contributed by atoms with Crippen molar-refractivity contribution < 1.29 is 14.6 Å². The van der Waals surface area contributed by atoms with Gasteiger partial charge in [0.05, 0.1) is 18.8 Å². The van der Waals surface area contributed by atoms with E-state index in [0.29, 0.717) is 31.1 Å². The van der Waals surface area contributed by atoms with Crippen LogP contribution in [0.15, 0.2) is 0 Å². The first-order chi connectivity index (χ1) is 10.3. The normalized spacial score (nSPS) is 31.4. The van der Waals surface area contributed by atoms with Crippen LogP contribution in [-0.4, -0.2) is 50.2 Å². The molecule has 1 aliphatic heterocycles. The van der Waals surface area contributed by atoms with Crippen LogP contribution in [0.4, 0.5) is 0 Å². The predicted octanol–water partition coefficient (Wildman–Crippen LogP) is 2.35. The summed E-state index contributed by atoms with van der Waals surface area (Å²) in [5.41, 5.74) is 0. The molecule has 2 N–H and O–H groups in total. The van der Waals surface area contributed by atoms with E-state index in [1.807, 2.05) is 0 Å². The highest BCUT2D eigenvalue weighted by Crippen LogP contribution is 2.29. The second-order valence-electron chi connectivity index (χ2n) is 6.70. The van der Waals surface area contributed by atoms with Crippen LogP contribution in [0.1, 0.15) is 51.9 Å². The van der Waals surface area contributed by atoms with Crippen molar-refractivity contribution in [2.75, 3.05) is 32.9 Å². The van der Waals surface area contributed by atoms with Crippen molar-refractivity contribution in [3.05, 3.63) is 0 Å². The van der Waals surface area contributed by atoms with Crippen molar-refractivity contribution in [1.82, 2.24) is 5.32 Å². The zero-order chi connectivity index (χ0) is 14.9. The van der Waals surface area contributed by atoms with Gasteiger partial charge in [-0.1, -0.05) is 26.2 Å². The first-order valence-electron chi connectivity index (χ1n) is 8.87. The van der Waals surface area contributed by atoms with Gasteiger partial charge >= 0.3 is 0 Å². The molecule has 0 aromatic carbocycles. The maximum atomic E-state index is 10.0. The van der Waals surface area contributed by atoms with Gasteiger partial charge in [-0.25, -0.2) is 0 Å². The predicted molar refractivity (Wildman–Crippen MR) is 84.4 cm³/mol. The van der Waals surface area contributed by atoms with Gasteiger partial charge in [-0.15, -0.1) is 0 Å². The van der Waals surface area contributed by atoms with Crippen LogP contribution in [0.2, 0.25) is 0 Å². The fraction of sp³-hybridized carbons (Fsp3) is 1.00. The Morgan fingerprint density at radius 2 is 2.14 bits per heavy atom. The molecule has 4 nitrogen and oxygen atoms in total. The minimum Gasteiger partial charge on any atom is -0.389 e. The largest absolute Gasteiger partial charge is 0.389 e. The average molecular weight is 299 g/mol. The number of rotatable bonds is 9. The van der Waals surface area contributed by atoms with Gasteiger partial charge in [-0.2, -0.15) is 0 Å². The molecule has 4 unspecified atom stereocenters. The van der Waals surface area contributed by atoms with Gasteiger partial charge in [0, 0.05) is 19.8 Å². The molecule has 1 aliphatic carbocycles. The molecule has 2 rings (SSSR count). The first-order valence-corrected chi connectivity index (χ1v) is 8.87. The van der Waals surface area contributed by atoms with Crippen molar-refractivity contribution in [3.8, 4) is 0 Å². The third-order valence-electron chi connectivity index (χ3n) is 5.00. The van der Waals surface area contributed by atoms with Crippen LogP contribution >= 0.6 is 0 Å². The van der Waals surface area contributed by atoms with E-state index in [2.05, 4.69) is 12.2 Å². The molecule has 124 valence electrons. The summed E-state index contributed by atoms with van der Waals surface area (Å²) in [5, 5.41) is 13.4. The van der Waals surface area contributed by atoms with Crippen molar-refractivity contribution >= 4 is 0 Å². The molecule has 1 heterocycles. The van der Waals surface area contributed by atoms with E-state index in [9.17, 15) is 5.11 Å². The van der Waals surface area contributed by atoms with E-state index in [1.54, 1.807) is 0 Å². The van der Waals surface area contributed by atoms with Gasteiger partial charge in [0.1, 0.15) is 0 Å². The molecule has 0 amide bonds. The lowest BCUT2D eigenvalue weighted by molar-refractivity contribution is -0.0498. The molecule has 0 radical (unpaired) electrons. The van der Waals surface area contributed by atoms with Crippen LogP contribution in [0.25, 0.3) is 0 Å². The lowest BCUT2D eigenvalue weighted by Crippen LogP contribution is -2.35. The Hall–Kier alpha value is -0.160. The Kier molecular flexibility index (Phi) is 8.01. The van der Waals surface area contributed by atoms with Crippen LogP contribution in [0.3, 0.4) is 0 Å². The molecule has 0 spiro atoms. The molecular weight excluding hydrogens is 266 g/mol. The number of aliphatic hydroxyl groups is 1. The zero-order valence-electron chi connectivity index (χ0n) is 13.6. The highest BCUT2D eigenvalue weighted by atomic mass is 16.5. The van der Waals surface area contributed by atoms with Crippen molar-refractivity contribution in [3.63, 3.8) is 0 Å². The standard InChI is InChI=1S/C17H33NO3/c1-2-15-5-3-4-6-17(15)21-13-16(19)11-18-9-7-14-8-10-20-12-14/h14-19H,2-13H2,1H3. The molecule has 2 aliphatic rings. The van der Waals surface area contributed by atoms with Crippen LogP contribution < -0.4 is 5.32 Å². The number of hydrogen-bond donors (Lipinski definition) is 2. The summed E-state index contributed by atoms with van der Waals surface area (Å²) in [4.78, 5) is 0. The number of aliphatic hydroxyl groups excluding tert-OH is 1. The average Bonchev–Trinajstić information content (AvgIpc) is 3.03. The second-order valence-corrected chi connectivity index (χ2v) is 6.70. The fourth-order valence-electron chi connectivity index (χ4n) is 3.54. The maximum Gasteiger partial charge on any atom is 0.0897 e. The lowest BCUT2D eigenvalue weighted by Gasteiger charge is -2.31. The summed E-state index contributed by atoms with van der Waals surface area (Å²) < 4.78 is 11.3. The van der Waals surface area contributed by atoms with Crippen LogP contribution in [0, 0.1) is 11.8 Å². The SMILES string of the molecule is CCC1CCCCC1OCC(O)CNCCC1CCOC1. The van der Waals surface area contributed by atoms with Gasteiger partial charge in [0.25, 0.3) is 0 Å². The van der Waals surface area contributed by atoms with Gasteiger partial charge in [0.15, 0.2) is 0 Å². The quantitative estimate of drug-likeness (QED) is 0.642. The summed E-state index contributed by atoms with van der Waals surface area (Å²) in [7, 11) is 0. The summed E-state index contributed by atoms with van der Waals surface area (Å²) in [6.45, 7) is 6.15. The van der Waals surface area contributed by atoms with E-state index in [4.69, 9.17) is 9.47 Å². The van der Waals surface area contributed by atoms with Crippen molar-refractivity contribution in [2.24, 2.45) is 11.8 Å². The van der Waals surface area contributed by atoms with E-state index < -0.39 is 0 Å². The molecular formula is C17H33NO3. The molecule has 1 saturated heterocycles. The summed E-state index contributed by atoms with van der Waals surface area (Å²) in [6.07, 6.45) is 8.59. The molecule has 0 aromatic heterocycles. The van der Waals surface area contributed by atoms with E-state index in [0.717, 1.165) is 26.2 Å². The Morgan fingerprint density at radius 1 is 1.29 bits per heavy atom. The molecule has 0 bridgehead atoms. The Labute approximate surface area is 129 Å². The summed E-state index contributed by atoms with van der Waals surface area (Å²) in [6, 6.07) is 0.